The number of H-pyrrole nitrogens is 1. The van der Waals surface area contributed by atoms with Crippen LogP contribution in [-0.4, -0.2) is 34.2 Å². The van der Waals surface area contributed by atoms with Gasteiger partial charge in [0.25, 0.3) is 5.91 Å². The number of aromatic amines is 1. The zero-order chi connectivity index (χ0) is 17.7. The van der Waals surface area contributed by atoms with Gasteiger partial charge in [-0.25, -0.2) is 0 Å². The van der Waals surface area contributed by atoms with Crippen LogP contribution < -0.4 is 0 Å². The Kier molecular flexibility index (Phi) is 3.76. The van der Waals surface area contributed by atoms with Gasteiger partial charge in [-0.3, -0.25) is 4.79 Å². The maximum Gasteiger partial charge on any atom is 0.267 e. The summed E-state index contributed by atoms with van der Waals surface area (Å²) in [6.45, 7) is 1.30. The molecule has 0 saturated heterocycles. The molecule has 0 spiro atoms. The van der Waals surface area contributed by atoms with Crippen molar-refractivity contribution in [3.05, 3.63) is 56.9 Å². The van der Waals surface area contributed by atoms with Crippen LogP contribution in [0.15, 0.2) is 41.6 Å². The standard InChI is InChI=1S/C19H16ClN3O2S/c20-18-6-5-17(26-18)15-9-16(25-22-15)19(24)23-8-7-14-12(10-23)11-3-1-2-4-13(11)21-14/h1-6,16,21H,7-10H2/t16-/m1/s1. The van der Waals surface area contributed by atoms with Crippen molar-refractivity contribution in [2.45, 2.75) is 25.5 Å². The van der Waals surface area contributed by atoms with E-state index < -0.39 is 6.10 Å². The lowest BCUT2D eigenvalue weighted by Gasteiger charge is -2.28. The maximum atomic E-state index is 12.9. The molecule has 4 heterocycles. The first kappa shape index (κ1) is 15.9. The summed E-state index contributed by atoms with van der Waals surface area (Å²) in [5.41, 5.74) is 4.37. The number of fused-ring (bicyclic) bond motifs is 3. The highest BCUT2D eigenvalue weighted by Crippen LogP contribution is 2.30. The molecule has 0 unspecified atom stereocenters. The fraction of sp³-hybridized carbons (Fsp3) is 0.263. The van der Waals surface area contributed by atoms with Crippen LogP contribution in [0.1, 0.15) is 22.6 Å². The van der Waals surface area contributed by atoms with E-state index in [0.717, 1.165) is 22.5 Å². The Labute approximate surface area is 159 Å². The molecule has 0 bridgehead atoms. The number of hydrogen-bond acceptors (Lipinski definition) is 4. The van der Waals surface area contributed by atoms with Gasteiger partial charge in [-0.05, 0) is 18.2 Å². The van der Waals surface area contributed by atoms with Crippen LogP contribution in [0.25, 0.3) is 10.9 Å². The molecule has 2 aliphatic rings. The summed E-state index contributed by atoms with van der Waals surface area (Å²) in [5.74, 6) is 0.00216. The van der Waals surface area contributed by atoms with E-state index in [-0.39, 0.29) is 5.91 Å². The summed E-state index contributed by atoms with van der Waals surface area (Å²) < 4.78 is 0.709. The Balaban J connectivity index is 1.33. The number of carbonyl (C=O) groups is 1. The third-order valence-electron chi connectivity index (χ3n) is 5.00. The van der Waals surface area contributed by atoms with Crippen molar-refractivity contribution in [3.8, 4) is 0 Å². The number of aromatic nitrogens is 1. The quantitative estimate of drug-likeness (QED) is 0.725. The zero-order valence-electron chi connectivity index (χ0n) is 13.9. The number of hydrogen-bond donors (Lipinski definition) is 1. The predicted molar refractivity (Wildman–Crippen MR) is 103 cm³/mol. The third kappa shape index (κ3) is 2.61. The number of benzene rings is 1. The first-order valence-electron chi connectivity index (χ1n) is 8.54. The zero-order valence-corrected chi connectivity index (χ0v) is 15.4. The lowest BCUT2D eigenvalue weighted by atomic mass is 10.0. The van der Waals surface area contributed by atoms with E-state index in [1.165, 1.54) is 28.0 Å². The highest BCUT2D eigenvalue weighted by atomic mass is 35.5. The monoisotopic (exact) mass is 385 g/mol. The number of nitrogens with one attached hydrogen (secondary N) is 1. The van der Waals surface area contributed by atoms with E-state index in [9.17, 15) is 4.79 Å². The van der Waals surface area contributed by atoms with Crippen molar-refractivity contribution >= 4 is 45.5 Å². The van der Waals surface area contributed by atoms with Crippen LogP contribution in [-0.2, 0) is 22.6 Å². The number of carbonyl (C=O) groups excluding carboxylic acids is 1. The second-order valence-electron chi connectivity index (χ2n) is 6.58. The molecule has 2 aliphatic heterocycles. The second-order valence-corrected chi connectivity index (χ2v) is 8.29. The highest BCUT2D eigenvalue weighted by molar-refractivity contribution is 7.18. The summed E-state index contributed by atoms with van der Waals surface area (Å²) in [6, 6.07) is 12.0. The van der Waals surface area contributed by atoms with Crippen LogP contribution in [0.2, 0.25) is 4.34 Å². The van der Waals surface area contributed by atoms with Crippen molar-refractivity contribution in [1.29, 1.82) is 0 Å². The van der Waals surface area contributed by atoms with E-state index >= 15 is 0 Å². The average molecular weight is 386 g/mol. The Hall–Kier alpha value is -2.31. The molecule has 0 saturated carbocycles. The Bertz CT molecular complexity index is 1040. The molecular formula is C19H16ClN3O2S. The molecule has 7 heteroatoms. The fourth-order valence-electron chi connectivity index (χ4n) is 3.68. The van der Waals surface area contributed by atoms with Gasteiger partial charge in [-0.15, -0.1) is 11.3 Å². The Morgan fingerprint density at radius 3 is 3.04 bits per heavy atom. The van der Waals surface area contributed by atoms with E-state index in [1.807, 2.05) is 29.2 Å². The highest BCUT2D eigenvalue weighted by Gasteiger charge is 2.34. The lowest BCUT2D eigenvalue weighted by Crippen LogP contribution is -2.42. The predicted octanol–water partition coefficient (Wildman–Crippen LogP) is 3.96. The van der Waals surface area contributed by atoms with Gasteiger partial charge in [0.1, 0.15) is 5.71 Å². The molecule has 5 rings (SSSR count). The molecule has 1 aromatic carbocycles. The van der Waals surface area contributed by atoms with Gasteiger partial charge < -0.3 is 14.7 Å². The minimum absolute atomic E-state index is 0.00216. The molecule has 0 aliphatic carbocycles. The summed E-state index contributed by atoms with van der Waals surface area (Å²) in [7, 11) is 0. The number of para-hydroxylation sites is 1. The first-order chi connectivity index (χ1) is 12.7. The first-order valence-corrected chi connectivity index (χ1v) is 9.74. The van der Waals surface area contributed by atoms with Crippen LogP contribution in [0, 0.1) is 0 Å². The molecular weight excluding hydrogens is 370 g/mol. The molecule has 1 atom stereocenters. The van der Waals surface area contributed by atoms with Gasteiger partial charge in [0.05, 0.1) is 9.21 Å². The van der Waals surface area contributed by atoms with Gasteiger partial charge in [-0.2, -0.15) is 0 Å². The summed E-state index contributed by atoms with van der Waals surface area (Å²) in [5, 5.41) is 5.31. The lowest BCUT2D eigenvalue weighted by molar-refractivity contribution is -0.143. The molecule has 2 aromatic heterocycles. The number of amides is 1. The minimum Gasteiger partial charge on any atom is -0.382 e. The van der Waals surface area contributed by atoms with E-state index in [4.69, 9.17) is 16.4 Å². The number of halogens is 1. The van der Waals surface area contributed by atoms with E-state index in [1.54, 1.807) is 0 Å². The van der Waals surface area contributed by atoms with E-state index in [0.29, 0.717) is 23.8 Å². The van der Waals surface area contributed by atoms with Gasteiger partial charge in [-0.1, -0.05) is 35.0 Å². The van der Waals surface area contributed by atoms with Crippen LogP contribution in [0.3, 0.4) is 0 Å². The number of rotatable bonds is 2. The largest absolute Gasteiger partial charge is 0.382 e. The molecule has 0 fully saturated rings. The molecule has 5 nitrogen and oxygen atoms in total. The van der Waals surface area contributed by atoms with Crippen molar-refractivity contribution in [3.63, 3.8) is 0 Å². The average Bonchev–Trinajstić information content (AvgIpc) is 3.38. The summed E-state index contributed by atoms with van der Waals surface area (Å²) in [4.78, 5) is 24.7. The Morgan fingerprint density at radius 1 is 1.31 bits per heavy atom. The molecule has 26 heavy (non-hydrogen) atoms. The smallest absolute Gasteiger partial charge is 0.267 e. The van der Waals surface area contributed by atoms with Crippen molar-refractivity contribution in [2.24, 2.45) is 5.16 Å². The summed E-state index contributed by atoms with van der Waals surface area (Å²) in [6.07, 6.45) is 0.779. The van der Waals surface area contributed by atoms with Gasteiger partial charge in [0, 0.05) is 48.1 Å². The Morgan fingerprint density at radius 2 is 2.19 bits per heavy atom. The molecule has 3 aromatic rings. The molecule has 1 amide bonds. The van der Waals surface area contributed by atoms with Crippen molar-refractivity contribution < 1.29 is 9.63 Å². The molecule has 132 valence electrons. The molecule has 0 radical (unpaired) electrons. The van der Waals surface area contributed by atoms with Crippen molar-refractivity contribution in [1.82, 2.24) is 9.88 Å². The molecule has 1 N–H and O–H groups in total. The normalized spacial score (nSPS) is 19.3. The summed E-state index contributed by atoms with van der Waals surface area (Å²) >= 11 is 7.44. The van der Waals surface area contributed by atoms with Gasteiger partial charge >= 0.3 is 0 Å². The van der Waals surface area contributed by atoms with E-state index in [2.05, 4.69) is 22.3 Å². The minimum atomic E-state index is -0.544. The van der Waals surface area contributed by atoms with Crippen molar-refractivity contribution in [2.75, 3.05) is 6.54 Å². The maximum absolute atomic E-state index is 12.9. The fourth-order valence-corrected chi connectivity index (χ4v) is 4.72. The topological polar surface area (TPSA) is 57.7 Å². The number of thiophene rings is 1. The third-order valence-corrected chi connectivity index (χ3v) is 6.28. The van der Waals surface area contributed by atoms with Crippen LogP contribution >= 0.6 is 22.9 Å². The van der Waals surface area contributed by atoms with Gasteiger partial charge in [0.15, 0.2) is 0 Å². The van der Waals surface area contributed by atoms with Crippen LogP contribution in [0.5, 0.6) is 0 Å². The number of oxime groups is 1. The van der Waals surface area contributed by atoms with Crippen LogP contribution in [0.4, 0.5) is 0 Å². The SMILES string of the molecule is O=C([C@H]1CC(c2ccc(Cl)s2)=NO1)N1CCc2[nH]c3ccccc3c2C1. The van der Waals surface area contributed by atoms with Gasteiger partial charge in [0.2, 0.25) is 6.10 Å². The second kappa shape index (κ2) is 6.14. The number of nitrogens with zero attached hydrogens (tertiary/aromatic N) is 2.